The smallest absolute Gasteiger partial charge is 0.230 e. The molecule has 1 amide bonds. The van der Waals surface area contributed by atoms with Crippen molar-refractivity contribution in [3.05, 3.63) is 64.7 Å². The molecule has 0 spiro atoms. The zero-order valence-corrected chi connectivity index (χ0v) is 13.5. The van der Waals surface area contributed by atoms with E-state index in [2.05, 4.69) is 18.3 Å². The molecule has 2 aromatic rings. The Hall–Kier alpha value is -1.45. The number of halogens is 1. The van der Waals surface area contributed by atoms with Crippen LogP contribution in [0.15, 0.2) is 53.4 Å². The largest absolute Gasteiger partial charge is 0.355 e. The summed E-state index contributed by atoms with van der Waals surface area (Å²) in [5.74, 6) is 0.505. The summed E-state index contributed by atoms with van der Waals surface area (Å²) >= 11 is 7.50. The normalized spacial score (nSPS) is 10.4. The van der Waals surface area contributed by atoms with Crippen molar-refractivity contribution in [1.82, 2.24) is 5.32 Å². The average molecular weight is 320 g/mol. The molecule has 0 saturated carbocycles. The monoisotopic (exact) mass is 319 g/mol. The van der Waals surface area contributed by atoms with Gasteiger partial charge in [0.25, 0.3) is 0 Å². The molecule has 0 aromatic heterocycles. The molecule has 0 fully saturated rings. The Kier molecular flexibility index (Phi) is 6.15. The predicted molar refractivity (Wildman–Crippen MR) is 90.1 cm³/mol. The van der Waals surface area contributed by atoms with Gasteiger partial charge in [0.15, 0.2) is 0 Å². The minimum atomic E-state index is 0.0604. The highest BCUT2D eigenvalue weighted by atomic mass is 35.5. The SMILES string of the molecule is Cc1ccccc1SCC(=O)NCCc1cccc(Cl)c1. The van der Waals surface area contributed by atoms with Crippen molar-refractivity contribution in [2.75, 3.05) is 12.3 Å². The zero-order valence-electron chi connectivity index (χ0n) is 11.9. The van der Waals surface area contributed by atoms with Crippen molar-refractivity contribution >= 4 is 29.3 Å². The third kappa shape index (κ3) is 5.44. The lowest BCUT2D eigenvalue weighted by Gasteiger charge is -2.07. The van der Waals surface area contributed by atoms with Crippen LogP contribution >= 0.6 is 23.4 Å². The fraction of sp³-hybridized carbons (Fsp3) is 0.235. The van der Waals surface area contributed by atoms with Gasteiger partial charge in [-0.1, -0.05) is 41.9 Å². The van der Waals surface area contributed by atoms with Gasteiger partial charge in [0.05, 0.1) is 5.75 Å². The van der Waals surface area contributed by atoms with Crippen LogP contribution in [0.2, 0.25) is 5.02 Å². The number of nitrogens with one attached hydrogen (secondary N) is 1. The minimum Gasteiger partial charge on any atom is -0.355 e. The van der Waals surface area contributed by atoms with Gasteiger partial charge in [-0.3, -0.25) is 4.79 Å². The van der Waals surface area contributed by atoms with Crippen LogP contribution in [0, 0.1) is 6.92 Å². The van der Waals surface area contributed by atoms with E-state index < -0.39 is 0 Å². The molecule has 0 bridgehead atoms. The lowest BCUT2D eigenvalue weighted by Crippen LogP contribution is -2.27. The molecule has 4 heteroatoms. The molecule has 0 aliphatic carbocycles. The van der Waals surface area contributed by atoms with Gasteiger partial charge in [-0.2, -0.15) is 0 Å². The van der Waals surface area contributed by atoms with Crippen molar-refractivity contribution < 1.29 is 4.79 Å². The fourth-order valence-corrected chi connectivity index (χ4v) is 3.02. The summed E-state index contributed by atoms with van der Waals surface area (Å²) in [6.07, 6.45) is 0.793. The summed E-state index contributed by atoms with van der Waals surface area (Å²) in [4.78, 5) is 13.0. The summed E-state index contributed by atoms with van der Waals surface area (Å²) in [7, 11) is 0. The summed E-state index contributed by atoms with van der Waals surface area (Å²) in [5, 5.41) is 3.67. The van der Waals surface area contributed by atoms with Crippen molar-refractivity contribution in [2.45, 2.75) is 18.2 Å². The Bertz CT molecular complexity index is 615. The summed E-state index contributed by atoms with van der Waals surface area (Å²) < 4.78 is 0. The maximum atomic E-state index is 11.8. The molecular weight excluding hydrogens is 302 g/mol. The number of carbonyl (C=O) groups excluding carboxylic acids is 1. The van der Waals surface area contributed by atoms with Gasteiger partial charge in [-0.05, 0) is 42.7 Å². The fourth-order valence-electron chi connectivity index (χ4n) is 1.95. The third-order valence-electron chi connectivity index (χ3n) is 3.08. The van der Waals surface area contributed by atoms with E-state index in [0.29, 0.717) is 12.3 Å². The Morgan fingerprint density at radius 2 is 2.00 bits per heavy atom. The van der Waals surface area contributed by atoms with Crippen LogP contribution in [0.25, 0.3) is 0 Å². The van der Waals surface area contributed by atoms with Crippen molar-refractivity contribution in [1.29, 1.82) is 0 Å². The first-order valence-electron chi connectivity index (χ1n) is 6.85. The number of carbonyl (C=O) groups is 1. The number of thioether (sulfide) groups is 1. The van der Waals surface area contributed by atoms with Gasteiger partial charge in [-0.15, -0.1) is 11.8 Å². The number of benzene rings is 2. The van der Waals surface area contributed by atoms with Crippen LogP contribution < -0.4 is 5.32 Å². The molecule has 0 unspecified atom stereocenters. The first-order chi connectivity index (χ1) is 10.1. The van der Waals surface area contributed by atoms with Gasteiger partial charge in [0.1, 0.15) is 0 Å². The highest BCUT2D eigenvalue weighted by Gasteiger charge is 2.04. The molecule has 0 heterocycles. The topological polar surface area (TPSA) is 29.1 Å². The van der Waals surface area contributed by atoms with E-state index in [9.17, 15) is 4.79 Å². The quantitative estimate of drug-likeness (QED) is 0.812. The third-order valence-corrected chi connectivity index (χ3v) is 4.49. The number of hydrogen-bond donors (Lipinski definition) is 1. The lowest BCUT2D eigenvalue weighted by molar-refractivity contribution is -0.118. The second-order valence-electron chi connectivity index (χ2n) is 4.78. The van der Waals surface area contributed by atoms with Crippen LogP contribution in [0.1, 0.15) is 11.1 Å². The van der Waals surface area contributed by atoms with Crippen molar-refractivity contribution in [3.8, 4) is 0 Å². The van der Waals surface area contributed by atoms with Crippen molar-refractivity contribution in [2.24, 2.45) is 0 Å². The molecular formula is C17H18ClNOS. The molecule has 21 heavy (non-hydrogen) atoms. The number of amides is 1. The van der Waals surface area contributed by atoms with Gasteiger partial charge >= 0.3 is 0 Å². The molecule has 0 atom stereocenters. The Morgan fingerprint density at radius 3 is 2.76 bits per heavy atom. The van der Waals surface area contributed by atoms with E-state index in [1.807, 2.05) is 42.5 Å². The minimum absolute atomic E-state index is 0.0604. The van der Waals surface area contributed by atoms with E-state index >= 15 is 0 Å². The van der Waals surface area contributed by atoms with Gasteiger partial charge < -0.3 is 5.32 Å². The predicted octanol–water partition coefficient (Wildman–Crippen LogP) is 4.10. The van der Waals surface area contributed by atoms with E-state index in [0.717, 1.165) is 21.9 Å². The maximum Gasteiger partial charge on any atom is 0.230 e. The van der Waals surface area contributed by atoms with E-state index in [4.69, 9.17) is 11.6 Å². The Morgan fingerprint density at radius 1 is 1.19 bits per heavy atom. The molecule has 0 saturated heterocycles. The highest BCUT2D eigenvalue weighted by molar-refractivity contribution is 8.00. The molecule has 1 N–H and O–H groups in total. The first kappa shape index (κ1) is 15.9. The zero-order chi connectivity index (χ0) is 15.1. The molecule has 2 nitrogen and oxygen atoms in total. The van der Waals surface area contributed by atoms with Crippen LogP contribution in [-0.4, -0.2) is 18.2 Å². The van der Waals surface area contributed by atoms with Crippen molar-refractivity contribution in [3.63, 3.8) is 0 Å². The van der Waals surface area contributed by atoms with E-state index in [1.54, 1.807) is 11.8 Å². The van der Waals surface area contributed by atoms with E-state index in [1.165, 1.54) is 5.56 Å². The second-order valence-corrected chi connectivity index (χ2v) is 6.24. The molecule has 2 rings (SSSR count). The maximum absolute atomic E-state index is 11.8. The molecule has 0 aliphatic heterocycles. The lowest BCUT2D eigenvalue weighted by atomic mass is 10.1. The van der Waals surface area contributed by atoms with Crippen LogP contribution in [0.4, 0.5) is 0 Å². The van der Waals surface area contributed by atoms with Crippen LogP contribution in [0.3, 0.4) is 0 Å². The average Bonchev–Trinajstić information content (AvgIpc) is 2.46. The summed E-state index contributed by atoms with van der Waals surface area (Å²) in [6.45, 7) is 2.69. The molecule has 2 aromatic carbocycles. The highest BCUT2D eigenvalue weighted by Crippen LogP contribution is 2.21. The number of aryl methyl sites for hydroxylation is 1. The summed E-state index contributed by atoms with van der Waals surface area (Å²) in [5.41, 5.74) is 2.34. The van der Waals surface area contributed by atoms with Gasteiger partial charge in [0.2, 0.25) is 5.91 Å². The second kappa shape index (κ2) is 8.11. The number of hydrogen-bond acceptors (Lipinski definition) is 2. The molecule has 0 aliphatic rings. The molecule has 110 valence electrons. The van der Waals surface area contributed by atoms with Gasteiger partial charge in [-0.25, -0.2) is 0 Å². The van der Waals surface area contributed by atoms with Gasteiger partial charge in [0, 0.05) is 16.5 Å². The Labute approximate surface area is 134 Å². The van der Waals surface area contributed by atoms with Crippen LogP contribution in [0.5, 0.6) is 0 Å². The standard InChI is InChI=1S/C17H18ClNOS/c1-13-5-2-3-8-16(13)21-12-17(20)19-10-9-14-6-4-7-15(18)11-14/h2-8,11H,9-10,12H2,1H3,(H,19,20). The van der Waals surface area contributed by atoms with E-state index in [-0.39, 0.29) is 5.91 Å². The molecule has 0 radical (unpaired) electrons. The van der Waals surface area contributed by atoms with Crippen LogP contribution in [-0.2, 0) is 11.2 Å². The Balaban J connectivity index is 1.72. The summed E-state index contributed by atoms with van der Waals surface area (Å²) in [6, 6.07) is 15.8. The first-order valence-corrected chi connectivity index (χ1v) is 8.21. The number of rotatable bonds is 6.